The quantitative estimate of drug-likeness (QED) is 0.255. The van der Waals surface area contributed by atoms with E-state index in [0.29, 0.717) is 19.2 Å². The standard InChI is InChI=1S/C21H37N3O4/c1-5-22-21(23-11-6-7-12-27-14-13-26-4)24-16-20(25)18-9-8-10-19(15-18)28-17(2)3/h8-10,15,17,20,25H,5-7,11-14,16H2,1-4H3,(H2,22,23,24). The molecule has 160 valence electrons. The fraction of sp³-hybridized carbons (Fsp3) is 0.667. The lowest BCUT2D eigenvalue weighted by Gasteiger charge is -2.15. The van der Waals surface area contributed by atoms with E-state index in [9.17, 15) is 5.11 Å². The van der Waals surface area contributed by atoms with Crippen molar-refractivity contribution in [2.45, 2.75) is 45.8 Å². The number of benzene rings is 1. The van der Waals surface area contributed by atoms with Crippen molar-refractivity contribution in [3.8, 4) is 5.75 Å². The van der Waals surface area contributed by atoms with Crippen LogP contribution in [0.4, 0.5) is 0 Å². The molecule has 1 aromatic carbocycles. The highest BCUT2D eigenvalue weighted by Crippen LogP contribution is 2.20. The first-order valence-corrected chi connectivity index (χ1v) is 10.1. The molecule has 0 heterocycles. The van der Waals surface area contributed by atoms with Crippen molar-refractivity contribution in [2.24, 2.45) is 4.99 Å². The number of methoxy groups -OCH3 is 1. The summed E-state index contributed by atoms with van der Waals surface area (Å²) in [6, 6.07) is 7.53. The smallest absolute Gasteiger partial charge is 0.191 e. The van der Waals surface area contributed by atoms with E-state index >= 15 is 0 Å². The van der Waals surface area contributed by atoms with E-state index < -0.39 is 6.10 Å². The van der Waals surface area contributed by atoms with Gasteiger partial charge in [-0.05, 0) is 51.3 Å². The molecule has 0 aliphatic heterocycles. The van der Waals surface area contributed by atoms with Crippen LogP contribution in [0.25, 0.3) is 0 Å². The molecular formula is C21H37N3O4. The second kappa shape index (κ2) is 15.1. The SMILES string of the molecule is CCNC(=NCC(O)c1cccc(OC(C)C)c1)NCCCCOCCOC. The molecule has 1 rings (SSSR count). The number of aliphatic hydroxyl groups is 1. The number of hydrogen-bond donors (Lipinski definition) is 3. The normalized spacial score (nSPS) is 12.9. The lowest BCUT2D eigenvalue weighted by atomic mass is 10.1. The van der Waals surface area contributed by atoms with E-state index in [1.807, 2.05) is 45.0 Å². The summed E-state index contributed by atoms with van der Waals surface area (Å²) in [7, 11) is 1.67. The lowest BCUT2D eigenvalue weighted by Crippen LogP contribution is -2.38. The lowest BCUT2D eigenvalue weighted by molar-refractivity contribution is 0.0689. The van der Waals surface area contributed by atoms with Gasteiger partial charge < -0.3 is 30.0 Å². The fourth-order valence-electron chi connectivity index (χ4n) is 2.47. The Balaban J connectivity index is 2.41. The molecule has 0 fully saturated rings. The molecule has 0 aliphatic rings. The molecule has 0 aromatic heterocycles. The van der Waals surface area contributed by atoms with Gasteiger partial charge in [0.2, 0.25) is 0 Å². The number of aliphatic imine (C=N–C) groups is 1. The summed E-state index contributed by atoms with van der Waals surface area (Å²) < 4.78 is 16.1. The second-order valence-corrected chi connectivity index (χ2v) is 6.71. The number of nitrogens with one attached hydrogen (secondary N) is 2. The molecule has 1 aromatic rings. The third-order valence-corrected chi connectivity index (χ3v) is 3.82. The maximum Gasteiger partial charge on any atom is 0.191 e. The Labute approximate surface area is 169 Å². The average molecular weight is 396 g/mol. The van der Waals surface area contributed by atoms with Crippen molar-refractivity contribution >= 4 is 5.96 Å². The summed E-state index contributed by atoms with van der Waals surface area (Å²) in [5.74, 6) is 1.46. The molecule has 0 bridgehead atoms. The van der Waals surface area contributed by atoms with Crippen LogP contribution in [0.5, 0.6) is 5.75 Å². The molecule has 7 nitrogen and oxygen atoms in total. The number of aliphatic hydroxyl groups excluding tert-OH is 1. The maximum absolute atomic E-state index is 10.5. The Hall–Kier alpha value is -1.83. The van der Waals surface area contributed by atoms with Gasteiger partial charge in [0.1, 0.15) is 5.75 Å². The molecule has 28 heavy (non-hydrogen) atoms. The number of unbranched alkanes of at least 4 members (excludes halogenated alkanes) is 1. The van der Waals surface area contributed by atoms with Crippen LogP contribution in [-0.4, -0.2) is 63.7 Å². The minimum atomic E-state index is -0.680. The molecular weight excluding hydrogens is 358 g/mol. The van der Waals surface area contributed by atoms with Crippen molar-refractivity contribution in [2.75, 3.05) is 46.6 Å². The number of nitrogens with zero attached hydrogens (tertiary/aromatic N) is 1. The largest absolute Gasteiger partial charge is 0.491 e. The molecule has 0 saturated heterocycles. The summed E-state index contributed by atoms with van der Waals surface area (Å²) >= 11 is 0. The van der Waals surface area contributed by atoms with Gasteiger partial charge in [0, 0.05) is 26.8 Å². The summed E-state index contributed by atoms with van der Waals surface area (Å²) in [6.45, 7) is 9.81. The van der Waals surface area contributed by atoms with E-state index in [1.165, 1.54) is 0 Å². The van der Waals surface area contributed by atoms with Gasteiger partial charge in [0.25, 0.3) is 0 Å². The number of ether oxygens (including phenoxy) is 3. The van der Waals surface area contributed by atoms with Crippen LogP contribution in [0.2, 0.25) is 0 Å². The number of rotatable bonds is 14. The molecule has 0 radical (unpaired) electrons. The van der Waals surface area contributed by atoms with Gasteiger partial charge in [0.05, 0.1) is 32.0 Å². The first kappa shape index (κ1) is 24.2. The topological polar surface area (TPSA) is 84.3 Å². The van der Waals surface area contributed by atoms with Crippen molar-refractivity contribution in [1.82, 2.24) is 10.6 Å². The highest BCUT2D eigenvalue weighted by molar-refractivity contribution is 5.79. The molecule has 0 saturated carbocycles. The molecule has 0 amide bonds. The van der Waals surface area contributed by atoms with Crippen molar-refractivity contribution in [3.05, 3.63) is 29.8 Å². The Morgan fingerprint density at radius 1 is 1.14 bits per heavy atom. The second-order valence-electron chi connectivity index (χ2n) is 6.71. The summed E-state index contributed by atoms with van der Waals surface area (Å²) in [4.78, 5) is 4.49. The van der Waals surface area contributed by atoms with Crippen LogP contribution in [0.3, 0.4) is 0 Å². The van der Waals surface area contributed by atoms with Crippen LogP contribution in [-0.2, 0) is 9.47 Å². The molecule has 3 N–H and O–H groups in total. The predicted octanol–water partition coefficient (Wildman–Crippen LogP) is 2.51. The van der Waals surface area contributed by atoms with Crippen LogP contribution in [0, 0.1) is 0 Å². The zero-order valence-corrected chi connectivity index (χ0v) is 17.7. The van der Waals surface area contributed by atoms with E-state index in [-0.39, 0.29) is 12.6 Å². The van der Waals surface area contributed by atoms with E-state index in [1.54, 1.807) is 7.11 Å². The monoisotopic (exact) mass is 395 g/mol. The summed E-state index contributed by atoms with van der Waals surface area (Å²) in [6.07, 6.45) is 1.37. The van der Waals surface area contributed by atoms with Gasteiger partial charge in [-0.25, -0.2) is 0 Å². The van der Waals surface area contributed by atoms with Gasteiger partial charge in [0.15, 0.2) is 5.96 Å². The van der Waals surface area contributed by atoms with Crippen LogP contribution in [0.15, 0.2) is 29.3 Å². The summed E-state index contributed by atoms with van der Waals surface area (Å²) in [5.41, 5.74) is 0.797. The van der Waals surface area contributed by atoms with Gasteiger partial charge in [-0.2, -0.15) is 0 Å². The summed E-state index contributed by atoms with van der Waals surface area (Å²) in [5, 5.41) is 17.0. The van der Waals surface area contributed by atoms with Crippen molar-refractivity contribution < 1.29 is 19.3 Å². The first-order valence-electron chi connectivity index (χ1n) is 10.1. The minimum Gasteiger partial charge on any atom is -0.491 e. The Morgan fingerprint density at radius 3 is 2.68 bits per heavy atom. The van der Waals surface area contributed by atoms with Crippen LogP contribution in [0.1, 0.15) is 45.3 Å². The van der Waals surface area contributed by atoms with Gasteiger partial charge >= 0.3 is 0 Å². The third-order valence-electron chi connectivity index (χ3n) is 3.82. The third kappa shape index (κ3) is 11.1. The zero-order chi connectivity index (χ0) is 20.6. The highest BCUT2D eigenvalue weighted by Gasteiger charge is 2.09. The van der Waals surface area contributed by atoms with Crippen LogP contribution >= 0.6 is 0 Å². The van der Waals surface area contributed by atoms with Crippen LogP contribution < -0.4 is 15.4 Å². The van der Waals surface area contributed by atoms with Crippen molar-refractivity contribution in [3.63, 3.8) is 0 Å². The Bertz CT molecular complexity index is 552. The molecule has 0 aliphatic carbocycles. The fourth-order valence-corrected chi connectivity index (χ4v) is 2.47. The van der Waals surface area contributed by atoms with Gasteiger partial charge in [-0.3, -0.25) is 4.99 Å². The molecule has 7 heteroatoms. The average Bonchev–Trinajstić information content (AvgIpc) is 2.67. The van der Waals surface area contributed by atoms with E-state index in [2.05, 4.69) is 15.6 Å². The van der Waals surface area contributed by atoms with Gasteiger partial charge in [-0.15, -0.1) is 0 Å². The molecule has 0 spiro atoms. The van der Waals surface area contributed by atoms with E-state index in [4.69, 9.17) is 14.2 Å². The first-order chi connectivity index (χ1) is 13.6. The molecule has 1 unspecified atom stereocenters. The zero-order valence-electron chi connectivity index (χ0n) is 17.7. The highest BCUT2D eigenvalue weighted by atomic mass is 16.5. The number of guanidine groups is 1. The Kier molecular flexibility index (Phi) is 13.1. The van der Waals surface area contributed by atoms with Gasteiger partial charge in [-0.1, -0.05) is 12.1 Å². The predicted molar refractivity (Wildman–Crippen MR) is 113 cm³/mol. The maximum atomic E-state index is 10.5. The minimum absolute atomic E-state index is 0.0975. The number of hydrogen-bond acceptors (Lipinski definition) is 5. The molecule has 1 atom stereocenters. The van der Waals surface area contributed by atoms with Crippen molar-refractivity contribution in [1.29, 1.82) is 0 Å². The van der Waals surface area contributed by atoms with E-state index in [0.717, 1.165) is 43.9 Å². The Morgan fingerprint density at radius 2 is 1.96 bits per heavy atom.